The number of aliphatic hydroxyl groups is 1. The van der Waals surface area contributed by atoms with Crippen molar-refractivity contribution >= 4 is 22.4 Å². The summed E-state index contributed by atoms with van der Waals surface area (Å²) in [7, 11) is 1.67. The highest BCUT2D eigenvalue weighted by molar-refractivity contribution is 6.10. The second-order valence-corrected chi connectivity index (χ2v) is 9.13. The number of para-hydroxylation sites is 1. The summed E-state index contributed by atoms with van der Waals surface area (Å²) in [6.07, 6.45) is 0.536. The summed E-state index contributed by atoms with van der Waals surface area (Å²) >= 11 is 0. The maximum atomic E-state index is 13.6. The van der Waals surface area contributed by atoms with Crippen LogP contribution in [0, 0.1) is 6.92 Å². The van der Waals surface area contributed by atoms with Crippen LogP contribution >= 0.6 is 0 Å². The number of ether oxygens (including phenoxy) is 1. The van der Waals surface area contributed by atoms with Crippen LogP contribution in [0.5, 0.6) is 5.75 Å². The Labute approximate surface area is 205 Å². The molecule has 1 saturated heterocycles. The van der Waals surface area contributed by atoms with Crippen LogP contribution in [-0.2, 0) is 0 Å². The van der Waals surface area contributed by atoms with Crippen molar-refractivity contribution in [3.8, 4) is 5.75 Å². The number of methoxy groups -OCH3 is 1. The van der Waals surface area contributed by atoms with Crippen LogP contribution in [0.4, 0.5) is 5.69 Å². The third kappa shape index (κ3) is 4.67. The van der Waals surface area contributed by atoms with Gasteiger partial charge in [0, 0.05) is 54.5 Å². The van der Waals surface area contributed by atoms with Gasteiger partial charge in [-0.1, -0.05) is 48.0 Å². The smallest absolute Gasteiger partial charge is 0.195 e. The summed E-state index contributed by atoms with van der Waals surface area (Å²) in [6, 6.07) is 23.5. The van der Waals surface area contributed by atoms with Crippen LogP contribution in [0.15, 0.2) is 79.0 Å². The van der Waals surface area contributed by atoms with E-state index in [-0.39, 0.29) is 5.78 Å². The Balaban J connectivity index is 1.39. The highest BCUT2D eigenvalue weighted by Gasteiger charge is 2.35. The van der Waals surface area contributed by atoms with Crippen LogP contribution in [0.3, 0.4) is 0 Å². The highest BCUT2D eigenvalue weighted by Crippen LogP contribution is 2.31. The van der Waals surface area contributed by atoms with Gasteiger partial charge in [-0.25, -0.2) is 0 Å². The van der Waals surface area contributed by atoms with E-state index in [0.717, 1.165) is 59.6 Å². The molecule has 5 rings (SSSR count). The van der Waals surface area contributed by atoms with E-state index >= 15 is 0 Å². The number of nitrogens with one attached hydrogen (secondary N) is 1. The Morgan fingerprint density at radius 1 is 0.943 bits per heavy atom. The Bertz CT molecular complexity index is 1290. The van der Waals surface area contributed by atoms with Crippen molar-refractivity contribution in [3.63, 3.8) is 0 Å². The number of ketones is 1. The number of aromatic nitrogens is 1. The van der Waals surface area contributed by atoms with E-state index in [9.17, 15) is 9.90 Å². The standard InChI is InChI=1S/C29H31N3O3/c1-20-7-9-21(10-8-20)27(29(34)28(33)25-19-30-26-6-4-3-5-24(25)26)32-17-15-31(16-18-32)22-11-13-23(35-2)14-12-22/h3-14,19,27,29-30,34H,15-18H2,1-2H3/t27-,29-/m1/s1. The number of aliphatic hydroxyl groups excluding tert-OH is 1. The minimum absolute atomic E-state index is 0.259. The van der Waals surface area contributed by atoms with Crippen molar-refractivity contribution in [2.75, 3.05) is 38.2 Å². The van der Waals surface area contributed by atoms with Crippen molar-refractivity contribution in [2.24, 2.45) is 0 Å². The van der Waals surface area contributed by atoms with Gasteiger partial charge in [0.2, 0.25) is 0 Å². The van der Waals surface area contributed by atoms with E-state index in [1.54, 1.807) is 13.3 Å². The highest BCUT2D eigenvalue weighted by atomic mass is 16.5. The summed E-state index contributed by atoms with van der Waals surface area (Å²) in [6.45, 7) is 5.14. The maximum absolute atomic E-state index is 13.6. The summed E-state index contributed by atoms with van der Waals surface area (Å²) in [5.41, 5.74) is 4.67. The minimum Gasteiger partial charge on any atom is -0.497 e. The Kier molecular flexibility index (Phi) is 6.57. The number of hydrogen-bond donors (Lipinski definition) is 2. The molecular weight excluding hydrogens is 438 g/mol. The minimum atomic E-state index is -1.18. The maximum Gasteiger partial charge on any atom is 0.195 e. The number of Topliss-reactive ketones (excluding diaryl/α,β-unsaturated/α-hetero) is 1. The van der Waals surface area contributed by atoms with Gasteiger partial charge in [-0.15, -0.1) is 0 Å². The fourth-order valence-electron chi connectivity index (χ4n) is 4.99. The number of aromatic amines is 1. The Hall–Kier alpha value is -3.61. The fourth-order valence-corrected chi connectivity index (χ4v) is 4.99. The zero-order valence-electron chi connectivity index (χ0n) is 20.1. The molecule has 0 aliphatic carbocycles. The predicted molar refractivity (Wildman–Crippen MR) is 139 cm³/mol. The van der Waals surface area contributed by atoms with Gasteiger partial charge >= 0.3 is 0 Å². The fraction of sp³-hybridized carbons (Fsp3) is 0.276. The topological polar surface area (TPSA) is 68.8 Å². The SMILES string of the molecule is COc1ccc(N2CCN([C@H](c3ccc(C)cc3)[C@@H](O)C(=O)c3c[nH]c4ccccc34)CC2)cc1. The first kappa shape index (κ1) is 23.1. The number of hydrogen-bond acceptors (Lipinski definition) is 5. The van der Waals surface area contributed by atoms with Gasteiger partial charge in [-0.2, -0.15) is 0 Å². The number of piperazine rings is 1. The largest absolute Gasteiger partial charge is 0.497 e. The molecule has 1 fully saturated rings. The first-order chi connectivity index (χ1) is 17.0. The normalized spacial score (nSPS) is 16.3. The number of benzene rings is 3. The second kappa shape index (κ2) is 9.94. The molecule has 180 valence electrons. The van der Waals surface area contributed by atoms with E-state index in [1.165, 1.54) is 0 Å². The number of carbonyl (C=O) groups is 1. The molecule has 1 aliphatic rings. The molecule has 3 aromatic carbocycles. The average Bonchev–Trinajstić information content (AvgIpc) is 3.34. The molecule has 0 amide bonds. The van der Waals surface area contributed by atoms with Crippen LogP contribution in [0.1, 0.15) is 27.5 Å². The molecule has 0 unspecified atom stereocenters. The Morgan fingerprint density at radius 2 is 1.63 bits per heavy atom. The van der Waals surface area contributed by atoms with Crippen molar-refractivity contribution in [2.45, 2.75) is 19.1 Å². The molecule has 2 N–H and O–H groups in total. The summed E-state index contributed by atoms with van der Waals surface area (Å²) in [4.78, 5) is 21.3. The number of fused-ring (bicyclic) bond motifs is 1. The number of rotatable bonds is 7. The van der Waals surface area contributed by atoms with E-state index in [4.69, 9.17) is 4.74 Å². The lowest BCUT2D eigenvalue weighted by molar-refractivity contribution is 0.0366. The lowest BCUT2D eigenvalue weighted by Gasteiger charge is -2.41. The van der Waals surface area contributed by atoms with Gasteiger partial charge in [0.25, 0.3) is 0 Å². The number of anilines is 1. The third-order valence-electron chi connectivity index (χ3n) is 6.99. The zero-order chi connectivity index (χ0) is 24.4. The molecule has 2 atom stereocenters. The molecular formula is C29H31N3O3. The van der Waals surface area contributed by atoms with Gasteiger partial charge in [0.15, 0.2) is 5.78 Å². The molecule has 6 heteroatoms. The number of nitrogens with zero attached hydrogens (tertiary/aromatic N) is 2. The molecule has 0 bridgehead atoms. The van der Waals surface area contributed by atoms with E-state index in [0.29, 0.717) is 5.56 Å². The first-order valence-electron chi connectivity index (χ1n) is 12.0. The van der Waals surface area contributed by atoms with Gasteiger partial charge in [-0.3, -0.25) is 9.69 Å². The lowest BCUT2D eigenvalue weighted by atomic mass is 9.92. The molecule has 2 heterocycles. The average molecular weight is 470 g/mol. The summed E-state index contributed by atoms with van der Waals surface area (Å²) < 4.78 is 5.28. The number of carbonyl (C=O) groups excluding carboxylic acids is 1. The van der Waals surface area contributed by atoms with Crippen LogP contribution < -0.4 is 9.64 Å². The van der Waals surface area contributed by atoms with Crippen molar-refractivity contribution in [1.82, 2.24) is 9.88 Å². The summed E-state index contributed by atoms with van der Waals surface area (Å²) in [5.74, 6) is 0.580. The zero-order valence-corrected chi connectivity index (χ0v) is 20.1. The van der Waals surface area contributed by atoms with Crippen LogP contribution in [0.2, 0.25) is 0 Å². The number of aryl methyl sites for hydroxylation is 1. The molecule has 0 saturated carbocycles. The Morgan fingerprint density at radius 3 is 2.31 bits per heavy atom. The van der Waals surface area contributed by atoms with Crippen LogP contribution in [0.25, 0.3) is 10.9 Å². The van der Waals surface area contributed by atoms with Crippen LogP contribution in [-0.4, -0.2) is 60.2 Å². The van der Waals surface area contributed by atoms with Gasteiger partial charge in [0.05, 0.1) is 13.2 Å². The lowest BCUT2D eigenvalue weighted by Crippen LogP contribution is -2.51. The quantitative estimate of drug-likeness (QED) is 0.388. The van der Waals surface area contributed by atoms with Crippen molar-refractivity contribution in [3.05, 3.63) is 95.7 Å². The van der Waals surface area contributed by atoms with E-state index in [1.807, 2.05) is 67.6 Å². The first-order valence-corrected chi connectivity index (χ1v) is 12.0. The molecule has 35 heavy (non-hydrogen) atoms. The van der Waals surface area contributed by atoms with Crippen molar-refractivity contribution in [1.29, 1.82) is 0 Å². The molecule has 0 spiro atoms. The number of H-pyrrole nitrogens is 1. The van der Waals surface area contributed by atoms with Crippen molar-refractivity contribution < 1.29 is 14.6 Å². The summed E-state index contributed by atoms with van der Waals surface area (Å²) in [5, 5.41) is 12.3. The van der Waals surface area contributed by atoms with Gasteiger partial charge < -0.3 is 19.7 Å². The molecule has 0 radical (unpaired) electrons. The molecule has 6 nitrogen and oxygen atoms in total. The predicted octanol–water partition coefficient (Wildman–Crippen LogP) is 4.59. The van der Waals surface area contributed by atoms with E-state index in [2.05, 4.69) is 26.9 Å². The molecule has 4 aromatic rings. The third-order valence-corrected chi connectivity index (χ3v) is 6.99. The van der Waals surface area contributed by atoms with E-state index < -0.39 is 12.1 Å². The second-order valence-electron chi connectivity index (χ2n) is 9.13. The monoisotopic (exact) mass is 469 g/mol. The molecule has 1 aliphatic heterocycles. The van der Waals surface area contributed by atoms with Gasteiger partial charge in [0.1, 0.15) is 11.9 Å². The van der Waals surface area contributed by atoms with Gasteiger partial charge in [-0.05, 0) is 42.8 Å². The molecule has 1 aromatic heterocycles.